The largest absolute Gasteiger partial charge is 0.467 e. The van der Waals surface area contributed by atoms with Gasteiger partial charge in [0.25, 0.3) is 5.91 Å². The second kappa shape index (κ2) is 8.99. The zero-order chi connectivity index (χ0) is 20.0. The van der Waals surface area contributed by atoms with Gasteiger partial charge in [-0.1, -0.05) is 26.2 Å². The smallest absolute Gasteiger partial charge is 0.275 e. The molecule has 0 aliphatic heterocycles. The molecule has 150 valence electrons. The van der Waals surface area contributed by atoms with E-state index in [9.17, 15) is 9.59 Å². The third kappa shape index (κ3) is 4.40. The number of nitrogens with one attached hydrogen (secondary N) is 1. The van der Waals surface area contributed by atoms with E-state index in [0.717, 1.165) is 25.7 Å². The first-order valence-corrected chi connectivity index (χ1v) is 9.96. The lowest BCUT2D eigenvalue weighted by Crippen LogP contribution is -2.60. The van der Waals surface area contributed by atoms with E-state index in [-0.39, 0.29) is 30.1 Å². The Balaban J connectivity index is 1.88. The number of carbonyl (C=O) groups excluding carboxylic acids is 2. The van der Waals surface area contributed by atoms with Crippen LogP contribution in [0.3, 0.4) is 0 Å². The van der Waals surface area contributed by atoms with Gasteiger partial charge in [0.15, 0.2) is 0 Å². The fourth-order valence-corrected chi connectivity index (χ4v) is 3.64. The lowest BCUT2D eigenvalue weighted by molar-refractivity contribution is -0.133. The molecular formula is C21H28N4O3. The molecule has 7 nitrogen and oxygen atoms in total. The van der Waals surface area contributed by atoms with Gasteiger partial charge in [-0.15, -0.1) is 0 Å². The van der Waals surface area contributed by atoms with Crippen LogP contribution in [0.5, 0.6) is 0 Å². The Hall–Kier alpha value is -2.70. The van der Waals surface area contributed by atoms with Gasteiger partial charge in [-0.3, -0.25) is 14.6 Å². The van der Waals surface area contributed by atoms with E-state index in [1.54, 1.807) is 23.3 Å². The third-order valence-electron chi connectivity index (χ3n) is 5.64. The van der Waals surface area contributed by atoms with Gasteiger partial charge in [0.1, 0.15) is 17.0 Å². The number of hydrogen-bond acceptors (Lipinski definition) is 5. The fraction of sp³-hybridized carbons (Fsp3) is 0.524. The van der Waals surface area contributed by atoms with Gasteiger partial charge in [-0.2, -0.15) is 0 Å². The average Bonchev–Trinajstić information content (AvgIpc) is 3.25. The second-order valence-electron chi connectivity index (χ2n) is 7.50. The van der Waals surface area contributed by atoms with Crippen molar-refractivity contribution >= 4 is 11.8 Å². The molecule has 28 heavy (non-hydrogen) atoms. The Morgan fingerprint density at radius 1 is 1.29 bits per heavy atom. The summed E-state index contributed by atoms with van der Waals surface area (Å²) in [7, 11) is 0. The van der Waals surface area contributed by atoms with Crippen molar-refractivity contribution in [3.8, 4) is 0 Å². The van der Waals surface area contributed by atoms with Crippen LogP contribution in [0.2, 0.25) is 0 Å². The maximum atomic E-state index is 13.3. The molecule has 0 radical (unpaired) electrons. The molecule has 2 aromatic heterocycles. The van der Waals surface area contributed by atoms with Gasteiger partial charge in [-0.05, 0) is 38.3 Å². The number of furan rings is 1. The van der Waals surface area contributed by atoms with Crippen molar-refractivity contribution in [1.29, 1.82) is 0 Å². The zero-order valence-corrected chi connectivity index (χ0v) is 16.6. The van der Waals surface area contributed by atoms with Gasteiger partial charge in [-0.25, -0.2) is 4.98 Å². The molecular weight excluding hydrogens is 356 g/mol. The van der Waals surface area contributed by atoms with E-state index in [1.807, 2.05) is 13.8 Å². The van der Waals surface area contributed by atoms with E-state index in [4.69, 9.17) is 4.42 Å². The predicted molar refractivity (Wildman–Crippen MR) is 104 cm³/mol. The standard InChI is InChI=1S/C21H28N4O3/c1-3-21(2,20(27)24-16-8-5-4-6-9-16)25(15-17-10-7-13-28-17)19(26)18-14-22-11-12-23-18/h7,10-14,16H,3-6,8-9,15H2,1-2H3,(H,24,27)/t21-/m1/s1. The minimum Gasteiger partial charge on any atom is -0.467 e. The minimum absolute atomic E-state index is 0.134. The summed E-state index contributed by atoms with van der Waals surface area (Å²) in [5, 5.41) is 3.18. The summed E-state index contributed by atoms with van der Waals surface area (Å²) in [6, 6.07) is 3.74. The first-order chi connectivity index (χ1) is 13.5. The summed E-state index contributed by atoms with van der Waals surface area (Å²) in [6.07, 6.45) is 11.9. The Kier molecular flexibility index (Phi) is 6.44. The summed E-state index contributed by atoms with van der Waals surface area (Å²) >= 11 is 0. The van der Waals surface area contributed by atoms with Crippen molar-refractivity contribution in [2.45, 2.75) is 70.5 Å². The molecule has 0 unspecified atom stereocenters. The SMILES string of the molecule is CC[C@](C)(C(=O)NC1CCCCC1)N(Cc1ccco1)C(=O)c1cnccn1. The number of hydrogen-bond donors (Lipinski definition) is 1. The van der Waals surface area contributed by atoms with Gasteiger partial charge in [0.05, 0.1) is 19.0 Å². The summed E-state index contributed by atoms with van der Waals surface area (Å²) in [6.45, 7) is 3.91. The zero-order valence-electron chi connectivity index (χ0n) is 16.6. The van der Waals surface area contributed by atoms with Crippen molar-refractivity contribution in [3.63, 3.8) is 0 Å². The van der Waals surface area contributed by atoms with Crippen LogP contribution in [0.4, 0.5) is 0 Å². The van der Waals surface area contributed by atoms with Gasteiger partial charge >= 0.3 is 0 Å². The van der Waals surface area contributed by atoms with Crippen LogP contribution in [-0.4, -0.2) is 38.3 Å². The number of aromatic nitrogens is 2. The summed E-state index contributed by atoms with van der Waals surface area (Å²) in [4.78, 5) is 36.3. The first kappa shape index (κ1) is 20.0. The topological polar surface area (TPSA) is 88.3 Å². The molecule has 0 aromatic carbocycles. The van der Waals surface area contributed by atoms with Crippen LogP contribution in [-0.2, 0) is 11.3 Å². The lowest BCUT2D eigenvalue weighted by atomic mass is 9.91. The van der Waals surface area contributed by atoms with Crippen molar-refractivity contribution in [3.05, 3.63) is 48.4 Å². The molecule has 2 amide bonds. The van der Waals surface area contributed by atoms with Crippen LogP contribution in [0, 0.1) is 0 Å². The Morgan fingerprint density at radius 3 is 2.68 bits per heavy atom. The number of carbonyl (C=O) groups is 2. The molecule has 1 aliphatic carbocycles. The molecule has 1 fully saturated rings. The predicted octanol–water partition coefficient (Wildman–Crippen LogP) is 3.33. The molecule has 1 saturated carbocycles. The molecule has 1 N–H and O–H groups in total. The molecule has 2 aromatic rings. The highest BCUT2D eigenvalue weighted by molar-refractivity contribution is 5.97. The Morgan fingerprint density at radius 2 is 2.07 bits per heavy atom. The number of nitrogens with zero attached hydrogens (tertiary/aromatic N) is 3. The molecule has 1 aliphatic rings. The van der Waals surface area contributed by atoms with E-state index in [1.165, 1.54) is 25.0 Å². The number of amides is 2. The lowest BCUT2D eigenvalue weighted by Gasteiger charge is -2.40. The first-order valence-electron chi connectivity index (χ1n) is 9.96. The van der Waals surface area contributed by atoms with Crippen LogP contribution < -0.4 is 5.32 Å². The van der Waals surface area contributed by atoms with Crippen molar-refractivity contribution in [2.75, 3.05) is 0 Å². The van der Waals surface area contributed by atoms with E-state index in [0.29, 0.717) is 12.2 Å². The Labute approximate surface area is 165 Å². The van der Waals surface area contributed by atoms with Crippen LogP contribution in [0.1, 0.15) is 68.6 Å². The molecule has 2 heterocycles. The van der Waals surface area contributed by atoms with Crippen LogP contribution >= 0.6 is 0 Å². The van der Waals surface area contributed by atoms with E-state index < -0.39 is 5.54 Å². The molecule has 7 heteroatoms. The Bertz CT molecular complexity index is 772. The highest BCUT2D eigenvalue weighted by atomic mass is 16.3. The van der Waals surface area contributed by atoms with Crippen molar-refractivity contribution < 1.29 is 14.0 Å². The van der Waals surface area contributed by atoms with Gasteiger partial charge in [0.2, 0.25) is 5.91 Å². The maximum absolute atomic E-state index is 13.3. The summed E-state index contributed by atoms with van der Waals surface area (Å²) in [5.74, 6) is 0.140. The minimum atomic E-state index is -1.03. The molecule has 3 rings (SSSR count). The molecule has 0 saturated heterocycles. The van der Waals surface area contributed by atoms with E-state index >= 15 is 0 Å². The summed E-state index contributed by atoms with van der Waals surface area (Å²) < 4.78 is 5.46. The quantitative estimate of drug-likeness (QED) is 0.791. The second-order valence-corrected chi connectivity index (χ2v) is 7.50. The molecule has 0 spiro atoms. The van der Waals surface area contributed by atoms with Crippen molar-refractivity contribution in [2.24, 2.45) is 0 Å². The fourth-order valence-electron chi connectivity index (χ4n) is 3.64. The summed E-state index contributed by atoms with van der Waals surface area (Å²) in [5.41, 5.74) is -0.821. The third-order valence-corrected chi connectivity index (χ3v) is 5.64. The highest BCUT2D eigenvalue weighted by Crippen LogP contribution is 2.26. The number of rotatable bonds is 7. The van der Waals surface area contributed by atoms with Crippen LogP contribution in [0.15, 0.2) is 41.4 Å². The average molecular weight is 384 g/mol. The van der Waals surface area contributed by atoms with E-state index in [2.05, 4.69) is 15.3 Å². The maximum Gasteiger partial charge on any atom is 0.275 e. The van der Waals surface area contributed by atoms with Gasteiger partial charge < -0.3 is 14.6 Å². The van der Waals surface area contributed by atoms with Crippen LogP contribution in [0.25, 0.3) is 0 Å². The highest BCUT2D eigenvalue weighted by Gasteiger charge is 2.42. The van der Waals surface area contributed by atoms with Crippen molar-refractivity contribution in [1.82, 2.24) is 20.2 Å². The molecule has 1 atom stereocenters. The normalized spacial score (nSPS) is 16.9. The monoisotopic (exact) mass is 384 g/mol. The molecule has 0 bridgehead atoms. The van der Waals surface area contributed by atoms with Gasteiger partial charge in [0, 0.05) is 18.4 Å².